The molecule has 1 aromatic carbocycles. The number of ether oxygens (including phenoxy) is 2. The topological polar surface area (TPSA) is 58.9 Å². The van der Waals surface area contributed by atoms with Crippen LogP contribution in [-0.2, 0) is 16.1 Å². The number of hydrogen-bond donors (Lipinski definition) is 2. The molecule has 0 saturated carbocycles. The summed E-state index contributed by atoms with van der Waals surface area (Å²) in [4.78, 5) is 0. The second-order valence-electron chi connectivity index (χ2n) is 4.13. The van der Waals surface area contributed by atoms with Gasteiger partial charge in [-0.25, -0.2) is 0 Å². The van der Waals surface area contributed by atoms with E-state index < -0.39 is 0 Å². The van der Waals surface area contributed by atoms with Gasteiger partial charge in [-0.1, -0.05) is 54.6 Å². The Morgan fingerprint density at radius 3 is 2.60 bits per heavy atom. The highest BCUT2D eigenvalue weighted by Crippen LogP contribution is 2.03. The fourth-order valence-electron chi connectivity index (χ4n) is 1.56. The molecule has 0 aliphatic carbocycles. The van der Waals surface area contributed by atoms with E-state index in [-0.39, 0.29) is 25.9 Å². The lowest BCUT2D eigenvalue weighted by Gasteiger charge is -2.14. The van der Waals surface area contributed by atoms with Crippen LogP contribution in [0.2, 0.25) is 0 Å². The van der Waals surface area contributed by atoms with Gasteiger partial charge in [0.1, 0.15) is 0 Å². The van der Waals surface area contributed by atoms with E-state index in [0.29, 0.717) is 13.2 Å². The molecule has 0 heterocycles. The average Bonchev–Trinajstić information content (AvgIpc) is 2.49. The SMILES string of the molecule is OC/C=C/C=C/[C@@H](COCc1ccccc1)OCCO. The van der Waals surface area contributed by atoms with Crippen molar-refractivity contribution in [3.8, 4) is 0 Å². The van der Waals surface area contributed by atoms with Gasteiger partial charge in [-0.15, -0.1) is 0 Å². The largest absolute Gasteiger partial charge is 0.394 e. The average molecular weight is 278 g/mol. The number of allylic oxidation sites excluding steroid dienone is 2. The van der Waals surface area contributed by atoms with Crippen LogP contribution in [0.5, 0.6) is 0 Å². The summed E-state index contributed by atoms with van der Waals surface area (Å²) in [5.74, 6) is 0. The van der Waals surface area contributed by atoms with Crippen molar-refractivity contribution in [2.75, 3.05) is 26.4 Å². The summed E-state index contributed by atoms with van der Waals surface area (Å²) < 4.78 is 11.1. The Morgan fingerprint density at radius 1 is 1.10 bits per heavy atom. The zero-order valence-electron chi connectivity index (χ0n) is 11.5. The van der Waals surface area contributed by atoms with Crippen LogP contribution in [0.3, 0.4) is 0 Å². The maximum Gasteiger partial charge on any atom is 0.0993 e. The van der Waals surface area contributed by atoms with Crippen LogP contribution in [0, 0.1) is 0 Å². The smallest absolute Gasteiger partial charge is 0.0993 e. The van der Waals surface area contributed by atoms with Gasteiger partial charge in [-0.3, -0.25) is 0 Å². The van der Waals surface area contributed by atoms with Crippen molar-refractivity contribution in [1.29, 1.82) is 0 Å². The number of aliphatic hydroxyl groups is 2. The van der Waals surface area contributed by atoms with Gasteiger partial charge >= 0.3 is 0 Å². The van der Waals surface area contributed by atoms with Crippen molar-refractivity contribution >= 4 is 0 Å². The van der Waals surface area contributed by atoms with E-state index >= 15 is 0 Å². The van der Waals surface area contributed by atoms with Gasteiger partial charge in [0, 0.05) is 0 Å². The first kappa shape index (κ1) is 16.6. The van der Waals surface area contributed by atoms with E-state index in [1.807, 2.05) is 36.4 Å². The minimum atomic E-state index is -0.214. The summed E-state index contributed by atoms with van der Waals surface area (Å²) in [6.07, 6.45) is 6.79. The van der Waals surface area contributed by atoms with Crippen molar-refractivity contribution in [2.45, 2.75) is 12.7 Å². The fraction of sp³-hybridized carbons (Fsp3) is 0.375. The van der Waals surface area contributed by atoms with Crippen LogP contribution in [0.25, 0.3) is 0 Å². The number of aliphatic hydroxyl groups excluding tert-OH is 2. The van der Waals surface area contributed by atoms with E-state index in [4.69, 9.17) is 19.7 Å². The molecule has 0 saturated heterocycles. The van der Waals surface area contributed by atoms with Crippen LogP contribution < -0.4 is 0 Å². The zero-order valence-corrected chi connectivity index (χ0v) is 11.5. The van der Waals surface area contributed by atoms with Gasteiger partial charge in [-0.05, 0) is 5.56 Å². The first-order chi connectivity index (χ1) is 9.86. The van der Waals surface area contributed by atoms with Gasteiger partial charge in [0.05, 0.1) is 39.1 Å². The normalized spacial score (nSPS) is 13.3. The molecule has 110 valence electrons. The quantitative estimate of drug-likeness (QED) is 0.639. The number of benzene rings is 1. The second kappa shape index (κ2) is 11.4. The zero-order chi connectivity index (χ0) is 14.5. The number of hydrogen-bond acceptors (Lipinski definition) is 4. The molecule has 0 bridgehead atoms. The van der Waals surface area contributed by atoms with Crippen molar-refractivity contribution < 1.29 is 19.7 Å². The van der Waals surface area contributed by atoms with Crippen molar-refractivity contribution in [3.63, 3.8) is 0 Å². The van der Waals surface area contributed by atoms with Crippen molar-refractivity contribution in [1.82, 2.24) is 0 Å². The molecule has 4 heteroatoms. The van der Waals surface area contributed by atoms with Crippen LogP contribution in [0.1, 0.15) is 5.56 Å². The summed E-state index contributed by atoms with van der Waals surface area (Å²) in [5, 5.41) is 17.4. The molecule has 1 rings (SSSR count). The molecule has 0 aliphatic rings. The third kappa shape index (κ3) is 7.86. The van der Waals surface area contributed by atoms with Crippen molar-refractivity contribution in [3.05, 3.63) is 60.2 Å². The lowest BCUT2D eigenvalue weighted by Crippen LogP contribution is -2.19. The first-order valence-electron chi connectivity index (χ1n) is 6.65. The molecule has 0 fully saturated rings. The molecule has 0 spiro atoms. The Morgan fingerprint density at radius 2 is 1.90 bits per heavy atom. The Balaban J connectivity index is 2.35. The molecule has 2 N–H and O–H groups in total. The Kier molecular flexibility index (Phi) is 9.44. The molecular formula is C16H22O4. The van der Waals surface area contributed by atoms with Crippen LogP contribution in [-0.4, -0.2) is 42.7 Å². The van der Waals surface area contributed by atoms with Crippen LogP contribution in [0.15, 0.2) is 54.6 Å². The summed E-state index contributed by atoms with van der Waals surface area (Å²) in [6.45, 7) is 1.21. The molecule has 0 amide bonds. The summed E-state index contributed by atoms with van der Waals surface area (Å²) >= 11 is 0. The van der Waals surface area contributed by atoms with E-state index in [1.54, 1.807) is 18.2 Å². The molecule has 0 radical (unpaired) electrons. The van der Waals surface area contributed by atoms with E-state index in [2.05, 4.69) is 0 Å². The van der Waals surface area contributed by atoms with E-state index in [1.165, 1.54) is 0 Å². The molecule has 0 aliphatic heterocycles. The molecule has 1 atom stereocenters. The standard InChI is InChI=1S/C16H22O4/c17-10-6-2-5-9-16(20-12-11-18)14-19-13-15-7-3-1-4-8-15/h1-9,16-18H,10-14H2/b6-2+,9-5+/t16-/m0/s1. The molecule has 4 nitrogen and oxygen atoms in total. The summed E-state index contributed by atoms with van der Waals surface area (Å²) in [6, 6.07) is 9.91. The van der Waals surface area contributed by atoms with Gasteiger partial charge < -0.3 is 19.7 Å². The highest BCUT2D eigenvalue weighted by molar-refractivity contribution is 5.13. The molecular weight excluding hydrogens is 256 g/mol. The highest BCUT2D eigenvalue weighted by Gasteiger charge is 2.04. The predicted molar refractivity (Wildman–Crippen MR) is 78.3 cm³/mol. The third-order valence-corrected chi connectivity index (χ3v) is 2.50. The van der Waals surface area contributed by atoms with Gasteiger partial charge in [0.2, 0.25) is 0 Å². The lowest BCUT2D eigenvalue weighted by atomic mass is 10.2. The molecule has 0 aromatic heterocycles. The first-order valence-corrected chi connectivity index (χ1v) is 6.65. The Hall–Kier alpha value is -1.46. The van der Waals surface area contributed by atoms with Gasteiger partial charge in [0.15, 0.2) is 0 Å². The monoisotopic (exact) mass is 278 g/mol. The minimum absolute atomic E-state index is 0.0109. The molecule has 20 heavy (non-hydrogen) atoms. The maximum atomic E-state index is 8.79. The molecule has 0 unspecified atom stereocenters. The van der Waals surface area contributed by atoms with Gasteiger partial charge in [-0.2, -0.15) is 0 Å². The summed E-state index contributed by atoms with van der Waals surface area (Å²) in [5.41, 5.74) is 1.11. The minimum Gasteiger partial charge on any atom is -0.394 e. The second-order valence-corrected chi connectivity index (χ2v) is 4.13. The van der Waals surface area contributed by atoms with Crippen LogP contribution in [0.4, 0.5) is 0 Å². The van der Waals surface area contributed by atoms with Crippen LogP contribution >= 0.6 is 0 Å². The predicted octanol–water partition coefficient (Wildman–Crippen LogP) is 1.69. The fourth-order valence-corrected chi connectivity index (χ4v) is 1.56. The molecule has 1 aromatic rings. The van der Waals surface area contributed by atoms with E-state index in [0.717, 1.165) is 5.56 Å². The van der Waals surface area contributed by atoms with Crippen molar-refractivity contribution in [2.24, 2.45) is 0 Å². The Labute approximate surface area is 120 Å². The van der Waals surface area contributed by atoms with E-state index in [9.17, 15) is 0 Å². The maximum absolute atomic E-state index is 8.79. The third-order valence-electron chi connectivity index (χ3n) is 2.50. The number of rotatable bonds is 10. The Bertz CT molecular complexity index is 387. The lowest BCUT2D eigenvalue weighted by molar-refractivity contribution is -0.00921. The highest BCUT2D eigenvalue weighted by atomic mass is 16.5. The summed E-state index contributed by atoms with van der Waals surface area (Å²) in [7, 11) is 0. The van der Waals surface area contributed by atoms with Gasteiger partial charge in [0.25, 0.3) is 0 Å².